The van der Waals surface area contributed by atoms with Crippen molar-refractivity contribution in [2.75, 3.05) is 0 Å². The van der Waals surface area contributed by atoms with Crippen LogP contribution in [0.3, 0.4) is 0 Å². The largest absolute Gasteiger partial charge is 0.307 e. The second kappa shape index (κ2) is 3.09. The van der Waals surface area contributed by atoms with Gasteiger partial charge in [0.05, 0.1) is 6.54 Å². The van der Waals surface area contributed by atoms with E-state index in [1.165, 1.54) is 0 Å². The number of aromatic nitrogens is 5. The Labute approximate surface area is 77.4 Å². The molecule has 0 saturated heterocycles. The van der Waals surface area contributed by atoms with Crippen molar-refractivity contribution < 1.29 is 0 Å². The predicted octanol–water partition coefficient (Wildman–Crippen LogP) is -0.518. The van der Waals surface area contributed by atoms with Gasteiger partial charge in [0.2, 0.25) is 0 Å². The fraction of sp³-hybridized carbons (Fsp3) is 0.333. The highest BCUT2D eigenvalue weighted by Gasteiger charge is 2.04. The third kappa shape index (κ3) is 1.50. The fourth-order valence-electron chi connectivity index (χ4n) is 0.942. The minimum absolute atomic E-state index is 0.00278. The van der Waals surface area contributed by atoms with Gasteiger partial charge < -0.3 is 0 Å². The number of tetrazole rings is 1. The SMILES string of the molecule is Cn1nnnc1Cn1ccsc1=O. The van der Waals surface area contributed by atoms with Gasteiger partial charge >= 0.3 is 4.87 Å². The first-order valence-corrected chi connectivity index (χ1v) is 4.50. The number of thiazole rings is 1. The van der Waals surface area contributed by atoms with E-state index in [4.69, 9.17) is 0 Å². The van der Waals surface area contributed by atoms with Crippen molar-refractivity contribution in [1.82, 2.24) is 24.8 Å². The van der Waals surface area contributed by atoms with E-state index in [-0.39, 0.29) is 4.87 Å². The van der Waals surface area contributed by atoms with Gasteiger partial charge in [0.1, 0.15) is 0 Å². The smallest absolute Gasteiger partial charge is 0.298 e. The van der Waals surface area contributed by atoms with Gasteiger partial charge in [-0.2, -0.15) is 0 Å². The number of hydrogen-bond donors (Lipinski definition) is 0. The summed E-state index contributed by atoms with van der Waals surface area (Å²) in [5.41, 5.74) is 0. The van der Waals surface area contributed by atoms with Crippen LogP contribution < -0.4 is 4.87 Å². The molecule has 2 heterocycles. The minimum Gasteiger partial charge on any atom is -0.298 e. The van der Waals surface area contributed by atoms with E-state index in [9.17, 15) is 4.79 Å². The summed E-state index contributed by atoms with van der Waals surface area (Å²) in [6.07, 6.45) is 1.72. The lowest BCUT2D eigenvalue weighted by molar-refractivity contribution is 0.641. The number of rotatable bonds is 2. The molecule has 2 aromatic heterocycles. The Kier molecular flexibility index (Phi) is 1.93. The second-order valence-electron chi connectivity index (χ2n) is 2.52. The quantitative estimate of drug-likeness (QED) is 0.650. The van der Waals surface area contributed by atoms with Gasteiger partial charge in [-0.05, 0) is 10.4 Å². The zero-order chi connectivity index (χ0) is 9.26. The Balaban J connectivity index is 2.29. The van der Waals surface area contributed by atoms with Crippen molar-refractivity contribution in [1.29, 1.82) is 0 Å². The van der Waals surface area contributed by atoms with E-state index >= 15 is 0 Å². The molecule has 13 heavy (non-hydrogen) atoms. The van der Waals surface area contributed by atoms with E-state index in [1.54, 1.807) is 27.9 Å². The molecule has 2 aromatic rings. The summed E-state index contributed by atoms with van der Waals surface area (Å²) >= 11 is 1.16. The Morgan fingerprint density at radius 3 is 3.00 bits per heavy atom. The first-order valence-electron chi connectivity index (χ1n) is 3.62. The van der Waals surface area contributed by atoms with Gasteiger partial charge in [-0.3, -0.25) is 9.36 Å². The lowest BCUT2D eigenvalue weighted by Crippen LogP contribution is -2.15. The summed E-state index contributed by atoms with van der Waals surface area (Å²) in [5, 5.41) is 12.7. The van der Waals surface area contributed by atoms with Gasteiger partial charge in [0, 0.05) is 18.6 Å². The highest BCUT2D eigenvalue weighted by Crippen LogP contribution is 1.94. The van der Waals surface area contributed by atoms with Crippen LogP contribution in [0.1, 0.15) is 5.82 Å². The van der Waals surface area contributed by atoms with Gasteiger partial charge in [-0.25, -0.2) is 4.68 Å². The molecule has 0 unspecified atom stereocenters. The molecule has 0 spiro atoms. The van der Waals surface area contributed by atoms with Crippen molar-refractivity contribution in [3.63, 3.8) is 0 Å². The van der Waals surface area contributed by atoms with E-state index < -0.39 is 0 Å². The third-order valence-corrected chi connectivity index (χ3v) is 2.36. The highest BCUT2D eigenvalue weighted by atomic mass is 32.1. The highest BCUT2D eigenvalue weighted by molar-refractivity contribution is 7.07. The number of nitrogens with zero attached hydrogens (tertiary/aromatic N) is 5. The molecule has 2 rings (SSSR count). The van der Waals surface area contributed by atoms with Crippen LogP contribution in [0.15, 0.2) is 16.4 Å². The van der Waals surface area contributed by atoms with Crippen LogP contribution >= 0.6 is 11.3 Å². The normalized spacial score (nSPS) is 10.5. The molecular weight excluding hydrogens is 190 g/mol. The molecular formula is C6H7N5OS. The first-order chi connectivity index (χ1) is 6.27. The molecule has 0 aromatic carbocycles. The van der Waals surface area contributed by atoms with Crippen LogP contribution in [0, 0.1) is 0 Å². The molecule has 0 aliphatic rings. The average molecular weight is 197 g/mol. The van der Waals surface area contributed by atoms with Gasteiger partial charge in [-0.15, -0.1) is 5.10 Å². The molecule has 6 nitrogen and oxygen atoms in total. The maximum atomic E-state index is 11.2. The second-order valence-corrected chi connectivity index (χ2v) is 3.37. The summed E-state index contributed by atoms with van der Waals surface area (Å²) < 4.78 is 3.11. The molecule has 0 aliphatic heterocycles. The molecule has 0 amide bonds. The lowest BCUT2D eigenvalue weighted by Gasteiger charge is -1.97. The monoisotopic (exact) mass is 197 g/mol. The van der Waals surface area contributed by atoms with E-state index in [0.29, 0.717) is 12.4 Å². The minimum atomic E-state index is 0.00278. The summed E-state index contributed by atoms with van der Waals surface area (Å²) in [6, 6.07) is 0. The Morgan fingerprint density at radius 2 is 2.46 bits per heavy atom. The van der Waals surface area contributed by atoms with Gasteiger partial charge in [0.15, 0.2) is 5.82 Å². The van der Waals surface area contributed by atoms with Crippen molar-refractivity contribution in [2.24, 2.45) is 7.05 Å². The lowest BCUT2D eigenvalue weighted by atomic mass is 10.6. The number of hydrogen-bond acceptors (Lipinski definition) is 5. The van der Waals surface area contributed by atoms with E-state index in [0.717, 1.165) is 11.3 Å². The Bertz CT molecular complexity index is 455. The summed E-state index contributed by atoms with van der Waals surface area (Å²) in [4.78, 5) is 11.2. The van der Waals surface area contributed by atoms with Crippen LogP contribution in [-0.2, 0) is 13.6 Å². The van der Waals surface area contributed by atoms with Crippen molar-refractivity contribution in [3.8, 4) is 0 Å². The number of aryl methyl sites for hydroxylation is 1. The van der Waals surface area contributed by atoms with Crippen molar-refractivity contribution in [2.45, 2.75) is 6.54 Å². The molecule has 0 N–H and O–H groups in total. The van der Waals surface area contributed by atoms with Crippen LogP contribution in [0.2, 0.25) is 0 Å². The zero-order valence-electron chi connectivity index (χ0n) is 6.91. The standard InChI is InChI=1S/C6H7N5OS/c1-10-5(7-8-9-10)4-11-2-3-13-6(11)12/h2-3H,4H2,1H3. The summed E-state index contributed by atoms with van der Waals surface area (Å²) in [6.45, 7) is 0.422. The third-order valence-electron chi connectivity index (χ3n) is 1.66. The van der Waals surface area contributed by atoms with Crippen molar-refractivity contribution >= 4 is 11.3 Å². The topological polar surface area (TPSA) is 65.6 Å². The zero-order valence-corrected chi connectivity index (χ0v) is 7.73. The Hall–Kier alpha value is -1.50. The van der Waals surface area contributed by atoms with Crippen molar-refractivity contribution in [3.05, 3.63) is 27.1 Å². The molecule has 0 fully saturated rings. The van der Waals surface area contributed by atoms with Gasteiger partial charge in [0.25, 0.3) is 0 Å². The van der Waals surface area contributed by atoms with E-state index in [1.807, 2.05) is 0 Å². The molecule has 0 saturated carbocycles. The molecule has 68 valence electrons. The first kappa shape index (κ1) is 8.11. The van der Waals surface area contributed by atoms with E-state index in [2.05, 4.69) is 15.5 Å². The Morgan fingerprint density at radius 1 is 1.62 bits per heavy atom. The van der Waals surface area contributed by atoms with Gasteiger partial charge in [-0.1, -0.05) is 11.3 Å². The van der Waals surface area contributed by atoms with Crippen LogP contribution in [0.4, 0.5) is 0 Å². The molecule has 7 heteroatoms. The molecule has 0 aliphatic carbocycles. The van der Waals surface area contributed by atoms with Crippen LogP contribution in [-0.4, -0.2) is 24.8 Å². The molecule has 0 atom stereocenters. The predicted molar refractivity (Wildman–Crippen MR) is 46.5 cm³/mol. The van der Waals surface area contributed by atoms with Crippen LogP contribution in [0.5, 0.6) is 0 Å². The average Bonchev–Trinajstić information content (AvgIpc) is 2.65. The maximum Gasteiger partial charge on any atom is 0.307 e. The fourth-order valence-corrected chi connectivity index (χ4v) is 1.53. The summed E-state index contributed by atoms with van der Waals surface area (Å²) in [7, 11) is 1.74. The summed E-state index contributed by atoms with van der Waals surface area (Å²) in [5.74, 6) is 0.667. The maximum absolute atomic E-state index is 11.2. The van der Waals surface area contributed by atoms with Crippen LogP contribution in [0.25, 0.3) is 0 Å². The molecule has 0 bridgehead atoms. The molecule has 0 radical (unpaired) electrons.